The highest BCUT2D eigenvalue weighted by Crippen LogP contribution is 2.40. The van der Waals surface area contributed by atoms with E-state index in [-0.39, 0.29) is 6.47 Å². The Morgan fingerprint density at radius 3 is 1.33 bits per heavy atom. The van der Waals surface area contributed by atoms with Gasteiger partial charge in [-0.05, 0) is 6.92 Å². The van der Waals surface area contributed by atoms with Gasteiger partial charge in [0.25, 0.3) is 6.47 Å². The van der Waals surface area contributed by atoms with Crippen LogP contribution in [0.1, 0.15) is 41.0 Å². The summed E-state index contributed by atoms with van der Waals surface area (Å²) < 4.78 is 81.3. The predicted molar refractivity (Wildman–Crippen MR) is 290 cm³/mol. The molecule has 93 heavy (non-hydrogen) atoms. The van der Waals surface area contributed by atoms with Crippen molar-refractivity contribution in [2.45, 2.75) is 255 Å². The van der Waals surface area contributed by atoms with Gasteiger partial charge in [-0.2, -0.15) is 0 Å². The minimum absolute atomic E-state index is 0.156. The van der Waals surface area contributed by atoms with Gasteiger partial charge in [0.2, 0.25) is 17.7 Å². The molecule has 7 aliphatic heterocycles. The molecule has 0 aromatic rings. The Bertz CT molecular complexity index is 2380. The molecule has 7 heterocycles. The zero-order chi connectivity index (χ0) is 68.8. The quantitative estimate of drug-likeness (QED) is 0.0282. The second-order valence-electron chi connectivity index (χ2n) is 23.8. The van der Waals surface area contributed by atoms with E-state index in [0.29, 0.717) is 0 Å². The molecule has 0 radical (unpaired) electrons. The topological polar surface area (TPSA) is 618 Å². The van der Waals surface area contributed by atoms with Crippen molar-refractivity contribution in [2.75, 3.05) is 46.2 Å². The first kappa shape index (κ1) is 77.0. The van der Waals surface area contributed by atoms with Crippen LogP contribution >= 0.6 is 0 Å². The van der Waals surface area contributed by atoms with Gasteiger partial charge in [-0.1, -0.05) is 6.92 Å². The standard InChI is InChI=1S/C53H89N3O37/c1-15-20(66)6-53(82-14-62,93-43(15)31(68)21(67)7-57)81-13-27-34(71)39(76)42(79)51(88-27)91-46-25(11-61)86-49(30(37(46)74)56-19(5)65)92-47-40(77)32(69)22(8-58)84-52(47)80-12-26-33(70)38(75)41(78)50(87-26)90-45-24(10-60)85-48(29(36(45)73)55-18(4)64)89-44-23(9-59)83-16(2)28(35(44)72)54-17(3)63/h14-16,20-52,57-61,66-79H,6-13H2,1-5H3,(H,54,63)(H,55,64)(H,56,65)/t15-,16+,20?,21-,22?,23?,24?,25?,26?,27?,28?,29?,30?,31-,32-,33-,34+,35-,36-,37?,38+,39+,40+,41?,42?,43?,44-,45-,46-,47?,48+,49+,50+,51+,52+,53+/m1/s1. The summed E-state index contributed by atoms with van der Waals surface area (Å²) in [6.45, 7) is -0.774. The molecule has 0 aromatic heterocycles. The monoisotopic (exact) mass is 1360 g/mol. The summed E-state index contributed by atoms with van der Waals surface area (Å²) in [4.78, 5) is 49.1. The van der Waals surface area contributed by atoms with Crippen LogP contribution in [0.2, 0.25) is 0 Å². The van der Waals surface area contributed by atoms with Gasteiger partial charge in [-0.3, -0.25) is 19.2 Å². The molecule has 7 aliphatic rings. The number of aliphatic hydroxyl groups is 19. The molecule has 40 heteroatoms. The third kappa shape index (κ3) is 17.4. The third-order valence-corrected chi connectivity index (χ3v) is 17.2. The average Bonchev–Trinajstić information content (AvgIpc) is 0.787. The molecule has 3 amide bonds. The number of amides is 3. The maximum atomic E-state index is 12.8. The molecular weight excluding hydrogens is 1270 g/mol. The second-order valence-corrected chi connectivity index (χ2v) is 23.8. The molecule has 40 nitrogen and oxygen atoms in total. The highest BCUT2D eigenvalue weighted by atomic mass is 16.9. The van der Waals surface area contributed by atoms with Crippen molar-refractivity contribution in [1.82, 2.24) is 16.0 Å². The van der Waals surface area contributed by atoms with Crippen molar-refractivity contribution < 1.29 is 183 Å². The van der Waals surface area contributed by atoms with Crippen LogP contribution in [-0.2, 0) is 85.5 Å². The molecule has 0 aliphatic carbocycles. The fourth-order valence-electron chi connectivity index (χ4n) is 12.1. The average molecular weight is 1360 g/mol. The lowest BCUT2D eigenvalue weighted by Crippen LogP contribution is -2.70. The van der Waals surface area contributed by atoms with Crippen LogP contribution in [0.25, 0.3) is 0 Å². The zero-order valence-electron chi connectivity index (χ0n) is 50.8. The molecule has 0 saturated carbocycles. The van der Waals surface area contributed by atoms with Crippen molar-refractivity contribution in [2.24, 2.45) is 5.92 Å². The van der Waals surface area contributed by atoms with Gasteiger partial charge in [0, 0.05) is 26.7 Å². The van der Waals surface area contributed by atoms with E-state index in [9.17, 15) is 116 Å². The van der Waals surface area contributed by atoms with Gasteiger partial charge in [0.05, 0.1) is 77.0 Å². The summed E-state index contributed by atoms with van der Waals surface area (Å²) in [6.07, 6.45) is -58.5. The molecule has 7 rings (SSSR count). The Hall–Kier alpha value is -3.40. The molecule has 0 aromatic carbocycles. The van der Waals surface area contributed by atoms with Crippen molar-refractivity contribution in [3.63, 3.8) is 0 Å². The van der Waals surface area contributed by atoms with Gasteiger partial charge >= 0.3 is 5.97 Å². The fraction of sp³-hybridized carbons (Fsp3) is 0.925. The Morgan fingerprint density at radius 1 is 0.484 bits per heavy atom. The van der Waals surface area contributed by atoms with E-state index in [1.165, 1.54) is 20.8 Å². The first-order valence-corrected chi connectivity index (χ1v) is 29.9. The second kappa shape index (κ2) is 33.4. The van der Waals surface area contributed by atoms with E-state index in [2.05, 4.69) is 16.0 Å². The maximum absolute atomic E-state index is 12.8. The Labute approximate surface area is 529 Å². The van der Waals surface area contributed by atoms with Crippen LogP contribution in [0.4, 0.5) is 0 Å². The molecular formula is C53H89N3O37. The zero-order valence-corrected chi connectivity index (χ0v) is 50.8. The molecule has 0 spiro atoms. The smallest absolute Gasteiger partial charge is 0.332 e. The molecule has 7 fully saturated rings. The van der Waals surface area contributed by atoms with E-state index in [1.807, 2.05) is 0 Å². The minimum Gasteiger partial charge on any atom is -0.410 e. The lowest BCUT2D eigenvalue weighted by atomic mass is 9.87. The SMILES string of the molecule is CC(=O)NC1C(O)[C@H](O[C@@H]2OC(CO[C@]3(OC=O)CC(O)[C@@H](C)C([C@H](O)[C@H](O)CO)O3)[C@H](O)[C@H](O)C2O)C(CO)O[C@H]1OC1[C@@H](OCC2O[C@@H](O[C@@H]3C(CO)O[C@@H](O[C@@H]4C(CO)O[C@@H](C)C(NC(C)=O)[C@H]4O)C(NC(C)=O)[C@H]3O)C(O)[C@@H](O)[C@@H]2O)OC(CO)[C@@H](O)[C@@H]1O. The first-order valence-electron chi connectivity index (χ1n) is 29.9. The lowest BCUT2D eigenvalue weighted by molar-refractivity contribution is -0.424. The maximum Gasteiger partial charge on any atom is 0.332 e. The summed E-state index contributed by atoms with van der Waals surface area (Å²) in [7, 11) is 0. The van der Waals surface area contributed by atoms with Gasteiger partial charge in [-0.15, -0.1) is 0 Å². The molecule has 36 atom stereocenters. The molecule has 0 bridgehead atoms. The summed E-state index contributed by atoms with van der Waals surface area (Å²) in [5.41, 5.74) is 0. The lowest BCUT2D eigenvalue weighted by Gasteiger charge is -2.50. The van der Waals surface area contributed by atoms with E-state index in [1.54, 1.807) is 0 Å². The number of ether oxygens (including phenoxy) is 14. The van der Waals surface area contributed by atoms with E-state index < -0.39 is 291 Å². The van der Waals surface area contributed by atoms with Gasteiger partial charge in [0.15, 0.2) is 31.5 Å². The van der Waals surface area contributed by atoms with E-state index >= 15 is 0 Å². The Morgan fingerprint density at radius 2 is 0.882 bits per heavy atom. The number of nitrogens with one attached hydrogen (secondary N) is 3. The third-order valence-electron chi connectivity index (χ3n) is 17.2. The number of aliphatic hydroxyl groups excluding tert-OH is 19. The van der Waals surface area contributed by atoms with Crippen LogP contribution in [0.5, 0.6) is 0 Å². The highest BCUT2D eigenvalue weighted by molar-refractivity contribution is 5.74. The van der Waals surface area contributed by atoms with Gasteiger partial charge < -0.3 is 179 Å². The van der Waals surface area contributed by atoms with Crippen molar-refractivity contribution in [3.05, 3.63) is 0 Å². The first-order chi connectivity index (χ1) is 43.9. The summed E-state index contributed by atoms with van der Waals surface area (Å²) in [5.74, 6) is -5.81. The van der Waals surface area contributed by atoms with E-state index in [0.717, 1.165) is 13.8 Å². The Kier molecular flexibility index (Phi) is 27.7. The highest BCUT2D eigenvalue weighted by Gasteiger charge is 2.59. The molecule has 22 N–H and O–H groups in total. The summed E-state index contributed by atoms with van der Waals surface area (Å²) >= 11 is 0. The van der Waals surface area contributed by atoms with Crippen LogP contribution < -0.4 is 16.0 Å². The number of hydrogen-bond acceptors (Lipinski definition) is 37. The van der Waals surface area contributed by atoms with Crippen LogP contribution in [0.3, 0.4) is 0 Å². The summed E-state index contributed by atoms with van der Waals surface area (Å²) in [5, 5.41) is 215. The summed E-state index contributed by atoms with van der Waals surface area (Å²) in [6, 6.07) is -4.62. The number of rotatable bonds is 26. The van der Waals surface area contributed by atoms with Crippen LogP contribution in [-0.4, -0.2) is 382 Å². The number of carbonyl (C=O) groups excluding carboxylic acids is 4. The van der Waals surface area contributed by atoms with Crippen molar-refractivity contribution >= 4 is 24.2 Å². The number of hydrogen-bond donors (Lipinski definition) is 22. The van der Waals surface area contributed by atoms with E-state index in [4.69, 9.17) is 66.3 Å². The molecule has 7 saturated heterocycles. The van der Waals surface area contributed by atoms with Crippen LogP contribution in [0, 0.1) is 5.92 Å². The minimum atomic E-state index is -2.58. The fourth-order valence-corrected chi connectivity index (χ4v) is 12.1. The van der Waals surface area contributed by atoms with Crippen LogP contribution in [0.15, 0.2) is 0 Å². The normalized spacial score (nSPS) is 47.2. The van der Waals surface area contributed by atoms with Gasteiger partial charge in [0.1, 0.15) is 152 Å². The molecule has 15 unspecified atom stereocenters. The predicted octanol–water partition coefficient (Wildman–Crippen LogP) is -14.2. The van der Waals surface area contributed by atoms with Gasteiger partial charge in [-0.25, -0.2) is 0 Å². The number of carbonyl (C=O) groups is 4. The van der Waals surface area contributed by atoms with Crippen molar-refractivity contribution in [1.29, 1.82) is 0 Å². The Balaban J connectivity index is 1.06. The van der Waals surface area contributed by atoms with Crippen molar-refractivity contribution in [3.8, 4) is 0 Å². The largest absolute Gasteiger partial charge is 0.410 e. The molecule has 538 valence electrons.